The van der Waals surface area contributed by atoms with Gasteiger partial charge in [0.2, 0.25) is 0 Å². The van der Waals surface area contributed by atoms with Gasteiger partial charge >= 0.3 is 0 Å². The molecule has 1 atom stereocenters. The Morgan fingerprint density at radius 1 is 1.44 bits per heavy atom. The van der Waals surface area contributed by atoms with Crippen molar-refractivity contribution < 1.29 is 4.39 Å². The number of nitrogens with zero attached hydrogens (tertiary/aromatic N) is 1. The second-order valence-corrected chi connectivity index (χ2v) is 6.06. The lowest BCUT2D eigenvalue weighted by atomic mass is 9.88. The molecule has 0 spiro atoms. The van der Waals surface area contributed by atoms with Gasteiger partial charge in [0.15, 0.2) is 0 Å². The summed E-state index contributed by atoms with van der Waals surface area (Å²) >= 11 is 3.39. The molecule has 102 valence electrons. The zero-order chi connectivity index (χ0) is 13.9. The van der Waals surface area contributed by atoms with Gasteiger partial charge < -0.3 is 4.90 Å². The highest BCUT2D eigenvalue weighted by atomic mass is 79.9. The summed E-state index contributed by atoms with van der Waals surface area (Å²) in [6.45, 7) is 4.24. The molecule has 0 radical (unpaired) electrons. The Balaban J connectivity index is 2.93. The Bertz CT molecular complexity index is 407. The first kappa shape index (κ1) is 15.6. The summed E-state index contributed by atoms with van der Waals surface area (Å²) in [5.74, 6) is 5.42. The van der Waals surface area contributed by atoms with Crippen LogP contribution in [0, 0.1) is 5.82 Å². The van der Waals surface area contributed by atoms with Gasteiger partial charge in [0.25, 0.3) is 0 Å². The molecule has 0 aliphatic heterocycles. The lowest BCUT2D eigenvalue weighted by molar-refractivity contribution is 0.137. The van der Waals surface area contributed by atoms with E-state index in [0.717, 1.165) is 16.5 Å². The number of hydrazine groups is 1. The van der Waals surface area contributed by atoms with Crippen LogP contribution in [0.2, 0.25) is 0 Å². The van der Waals surface area contributed by atoms with E-state index in [-0.39, 0.29) is 17.4 Å². The van der Waals surface area contributed by atoms with Gasteiger partial charge in [0, 0.05) is 16.1 Å². The van der Waals surface area contributed by atoms with E-state index in [4.69, 9.17) is 5.84 Å². The molecule has 1 aromatic carbocycles. The van der Waals surface area contributed by atoms with Crippen molar-refractivity contribution in [3.05, 3.63) is 34.1 Å². The van der Waals surface area contributed by atoms with Crippen molar-refractivity contribution in [3.8, 4) is 0 Å². The zero-order valence-electron chi connectivity index (χ0n) is 11.3. The number of hydrogen-bond acceptors (Lipinski definition) is 3. The molecule has 0 aliphatic rings. The standard InChI is InChI=1S/C13H21BrFN3/c1-13(2,18(3)4)12(17-16)7-9-5-6-10(15)8-11(9)14/h5-6,8,12,17H,7,16H2,1-4H3. The van der Waals surface area contributed by atoms with Crippen LogP contribution in [-0.2, 0) is 6.42 Å². The van der Waals surface area contributed by atoms with Crippen molar-refractivity contribution >= 4 is 15.9 Å². The van der Waals surface area contributed by atoms with Crippen LogP contribution in [0.5, 0.6) is 0 Å². The van der Waals surface area contributed by atoms with Crippen LogP contribution >= 0.6 is 15.9 Å². The third-order valence-electron chi connectivity index (χ3n) is 3.65. The monoisotopic (exact) mass is 317 g/mol. The van der Waals surface area contributed by atoms with E-state index in [1.165, 1.54) is 12.1 Å². The van der Waals surface area contributed by atoms with Crippen LogP contribution in [0.4, 0.5) is 4.39 Å². The predicted molar refractivity (Wildman–Crippen MR) is 76.7 cm³/mol. The molecule has 0 aliphatic carbocycles. The fourth-order valence-electron chi connectivity index (χ4n) is 1.73. The van der Waals surface area contributed by atoms with Gasteiger partial charge in [0.1, 0.15) is 5.82 Å². The van der Waals surface area contributed by atoms with Crippen molar-refractivity contribution in [2.75, 3.05) is 14.1 Å². The molecule has 1 unspecified atom stereocenters. The Labute approximate surface area is 117 Å². The zero-order valence-corrected chi connectivity index (χ0v) is 12.9. The average Bonchev–Trinajstić information content (AvgIpc) is 2.27. The third-order valence-corrected chi connectivity index (χ3v) is 4.38. The molecule has 5 heteroatoms. The summed E-state index contributed by atoms with van der Waals surface area (Å²) in [7, 11) is 4.04. The van der Waals surface area contributed by atoms with Crippen LogP contribution in [0.15, 0.2) is 22.7 Å². The quantitative estimate of drug-likeness (QED) is 0.647. The number of halogens is 2. The van der Waals surface area contributed by atoms with E-state index in [1.807, 2.05) is 14.1 Å². The molecular formula is C13H21BrFN3. The Morgan fingerprint density at radius 2 is 2.06 bits per heavy atom. The highest BCUT2D eigenvalue weighted by Crippen LogP contribution is 2.24. The molecule has 0 aromatic heterocycles. The SMILES string of the molecule is CN(C)C(C)(C)C(Cc1ccc(F)cc1Br)NN. The van der Waals surface area contributed by atoms with E-state index in [1.54, 1.807) is 6.07 Å². The first-order valence-corrected chi connectivity index (χ1v) is 6.65. The summed E-state index contributed by atoms with van der Waals surface area (Å²) in [6.07, 6.45) is 0.725. The van der Waals surface area contributed by atoms with Gasteiger partial charge in [-0.25, -0.2) is 4.39 Å². The largest absolute Gasteiger partial charge is 0.303 e. The number of nitrogens with two attached hydrogens (primary N) is 1. The first-order valence-electron chi connectivity index (χ1n) is 5.86. The number of benzene rings is 1. The molecule has 0 fully saturated rings. The van der Waals surface area contributed by atoms with Crippen LogP contribution in [0.3, 0.4) is 0 Å². The van der Waals surface area contributed by atoms with E-state index in [9.17, 15) is 4.39 Å². The smallest absolute Gasteiger partial charge is 0.124 e. The number of rotatable bonds is 5. The minimum absolute atomic E-state index is 0.0641. The minimum Gasteiger partial charge on any atom is -0.303 e. The maximum absolute atomic E-state index is 13.1. The molecule has 0 heterocycles. The number of likely N-dealkylation sites (N-methyl/N-ethyl adjacent to an activating group) is 1. The first-order chi connectivity index (χ1) is 8.28. The van der Waals surface area contributed by atoms with Crippen LogP contribution < -0.4 is 11.3 Å². The highest BCUT2D eigenvalue weighted by molar-refractivity contribution is 9.10. The van der Waals surface area contributed by atoms with Gasteiger partial charge in [-0.2, -0.15) is 0 Å². The van der Waals surface area contributed by atoms with Gasteiger partial charge in [0.05, 0.1) is 0 Å². The molecule has 18 heavy (non-hydrogen) atoms. The minimum atomic E-state index is -0.241. The fourth-order valence-corrected chi connectivity index (χ4v) is 2.24. The van der Waals surface area contributed by atoms with Crippen molar-refractivity contribution in [3.63, 3.8) is 0 Å². The molecule has 3 nitrogen and oxygen atoms in total. The van der Waals surface area contributed by atoms with Crippen LogP contribution in [-0.4, -0.2) is 30.6 Å². The Hall–Kier alpha value is -0.490. The summed E-state index contributed by atoms with van der Waals surface area (Å²) in [5.41, 5.74) is 3.79. The summed E-state index contributed by atoms with van der Waals surface area (Å²) in [6, 6.07) is 4.80. The van der Waals surface area contributed by atoms with Crippen molar-refractivity contribution in [1.29, 1.82) is 0 Å². The van der Waals surface area contributed by atoms with Crippen molar-refractivity contribution in [1.82, 2.24) is 10.3 Å². The lowest BCUT2D eigenvalue weighted by Gasteiger charge is -2.40. The molecule has 1 rings (SSSR count). The van der Waals surface area contributed by atoms with E-state index >= 15 is 0 Å². The van der Waals surface area contributed by atoms with Crippen molar-refractivity contribution in [2.24, 2.45) is 5.84 Å². The van der Waals surface area contributed by atoms with Gasteiger partial charge in [-0.15, -0.1) is 0 Å². The second kappa shape index (κ2) is 6.10. The normalized spacial score (nSPS) is 14.0. The Kier molecular flexibility index (Phi) is 5.28. The van der Waals surface area contributed by atoms with Crippen LogP contribution in [0.25, 0.3) is 0 Å². The highest BCUT2D eigenvalue weighted by Gasteiger charge is 2.31. The molecule has 0 saturated carbocycles. The maximum Gasteiger partial charge on any atom is 0.124 e. The molecular weight excluding hydrogens is 297 g/mol. The summed E-state index contributed by atoms with van der Waals surface area (Å²) in [5, 5.41) is 0. The molecule has 3 N–H and O–H groups in total. The van der Waals surface area contributed by atoms with E-state index < -0.39 is 0 Å². The lowest BCUT2D eigenvalue weighted by Crippen LogP contribution is -2.58. The molecule has 0 amide bonds. The molecule has 1 aromatic rings. The topological polar surface area (TPSA) is 41.3 Å². The van der Waals surface area contributed by atoms with E-state index in [2.05, 4.69) is 40.1 Å². The number of nitrogens with one attached hydrogen (secondary N) is 1. The summed E-state index contributed by atoms with van der Waals surface area (Å²) in [4.78, 5) is 2.12. The molecule has 0 bridgehead atoms. The maximum atomic E-state index is 13.1. The van der Waals surface area contributed by atoms with Gasteiger partial charge in [-0.1, -0.05) is 22.0 Å². The fraction of sp³-hybridized carbons (Fsp3) is 0.538. The van der Waals surface area contributed by atoms with Crippen LogP contribution in [0.1, 0.15) is 19.4 Å². The van der Waals surface area contributed by atoms with E-state index in [0.29, 0.717) is 0 Å². The predicted octanol–water partition coefficient (Wildman–Crippen LogP) is 2.30. The molecule has 0 saturated heterocycles. The Morgan fingerprint density at radius 3 is 2.50 bits per heavy atom. The third kappa shape index (κ3) is 3.51. The van der Waals surface area contributed by atoms with Crippen molar-refractivity contribution in [2.45, 2.75) is 31.8 Å². The average molecular weight is 318 g/mol. The summed E-state index contributed by atoms with van der Waals surface area (Å²) < 4.78 is 13.8. The van der Waals surface area contributed by atoms with Gasteiger partial charge in [-0.05, 0) is 52.1 Å². The second-order valence-electron chi connectivity index (χ2n) is 5.21. The number of hydrogen-bond donors (Lipinski definition) is 2. The van der Waals surface area contributed by atoms with Gasteiger partial charge in [-0.3, -0.25) is 11.3 Å².